The molecule has 8 nitrogen and oxygen atoms in total. The Balaban J connectivity index is 1.35. The molecule has 0 bridgehead atoms. The van der Waals surface area contributed by atoms with Crippen molar-refractivity contribution in [3.05, 3.63) is 92.6 Å². The summed E-state index contributed by atoms with van der Waals surface area (Å²) in [7, 11) is 0. The maximum absolute atomic E-state index is 13.7. The Kier molecular flexibility index (Phi) is 5.79. The summed E-state index contributed by atoms with van der Waals surface area (Å²) in [5, 5.41) is 6.04. The van der Waals surface area contributed by atoms with Gasteiger partial charge < -0.3 is 15.0 Å². The number of anilines is 1. The van der Waals surface area contributed by atoms with E-state index in [0.29, 0.717) is 24.1 Å². The van der Waals surface area contributed by atoms with Crippen LogP contribution in [-0.2, 0) is 24.3 Å². The number of nitrogens with one attached hydrogen (secondary N) is 2. The lowest BCUT2D eigenvalue weighted by Crippen LogP contribution is -2.36. The van der Waals surface area contributed by atoms with Gasteiger partial charge in [0, 0.05) is 12.7 Å². The first-order chi connectivity index (χ1) is 16.4. The lowest BCUT2D eigenvalue weighted by molar-refractivity contribution is -0.124. The second-order valence-corrected chi connectivity index (χ2v) is 8.67. The number of halogens is 2. The summed E-state index contributed by atoms with van der Waals surface area (Å²) >= 11 is 6.36. The minimum atomic E-state index is -0.695. The molecule has 0 saturated heterocycles. The summed E-state index contributed by atoms with van der Waals surface area (Å²) < 4.78 is 17.0. The Bertz CT molecular complexity index is 1440. The highest BCUT2D eigenvalue weighted by molar-refractivity contribution is 6.30. The van der Waals surface area contributed by atoms with Crippen LogP contribution in [-0.4, -0.2) is 24.8 Å². The normalized spacial score (nSPS) is 14.9. The molecule has 3 aromatic heterocycles. The summed E-state index contributed by atoms with van der Waals surface area (Å²) in [4.78, 5) is 34.8. The van der Waals surface area contributed by atoms with Crippen molar-refractivity contribution in [2.24, 2.45) is 0 Å². The summed E-state index contributed by atoms with van der Waals surface area (Å²) in [6.45, 7) is 2.26. The molecule has 5 rings (SSSR count). The van der Waals surface area contributed by atoms with Gasteiger partial charge in [0.25, 0.3) is 5.56 Å². The SMILES string of the molecule is Cc1cc(F)cc(CNc2nc(Cl)c3n(c2=O)[C@H](C(=O)NCc2cnc4ccccn24)CC3)c1. The average Bonchev–Trinajstić information content (AvgIpc) is 3.43. The van der Waals surface area contributed by atoms with E-state index in [-0.39, 0.29) is 35.8 Å². The van der Waals surface area contributed by atoms with Crippen LogP contribution in [0, 0.1) is 12.7 Å². The molecule has 4 aromatic rings. The van der Waals surface area contributed by atoms with Gasteiger partial charge in [0.1, 0.15) is 17.5 Å². The molecule has 1 aliphatic heterocycles. The molecule has 0 unspecified atom stereocenters. The van der Waals surface area contributed by atoms with Gasteiger partial charge in [0.05, 0.1) is 24.1 Å². The van der Waals surface area contributed by atoms with Gasteiger partial charge in [-0.05, 0) is 55.2 Å². The monoisotopic (exact) mass is 480 g/mol. The second kappa shape index (κ2) is 8.90. The number of benzene rings is 1. The van der Waals surface area contributed by atoms with Crippen LogP contribution >= 0.6 is 11.6 Å². The molecule has 1 amide bonds. The van der Waals surface area contributed by atoms with Crippen molar-refractivity contribution in [3.8, 4) is 0 Å². The van der Waals surface area contributed by atoms with E-state index in [0.717, 1.165) is 16.9 Å². The zero-order chi connectivity index (χ0) is 23.8. The van der Waals surface area contributed by atoms with E-state index in [9.17, 15) is 14.0 Å². The van der Waals surface area contributed by atoms with Gasteiger partial charge >= 0.3 is 0 Å². The summed E-state index contributed by atoms with van der Waals surface area (Å²) in [6.07, 6.45) is 4.50. The maximum atomic E-state index is 13.7. The summed E-state index contributed by atoms with van der Waals surface area (Å²) in [6, 6.07) is 9.61. The topological polar surface area (TPSA) is 93.3 Å². The van der Waals surface area contributed by atoms with Crippen LogP contribution in [0.5, 0.6) is 0 Å². The number of hydrogen-bond acceptors (Lipinski definition) is 5. The van der Waals surface area contributed by atoms with Gasteiger partial charge in [-0.3, -0.25) is 14.2 Å². The third kappa shape index (κ3) is 4.14. The quantitative estimate of drug-likeness (QED) is 0.441. The fourth-order valence-electron chi connectivity index (χ4n) is 4.38. The number of hydrogen-bond donors (Lipinski definition) is 2. The molecule has 0 spiro atoms. The minimum Gasteiger partial charge on any atom is -0.361 e. The van der Waals surface area contributed by atoms with Gasteiger partial charge in [0.2, 0.25) is 5.91 Å². The molecule has 1 atom stereocenters. The number of rotatable bonds is 6. The van der Waals surface area contributed by atoms with Gasteiger partial charge in [0.15, 0.2) is 11.0 Å². The smallest absolute Gasteiger partial charge is 0.294 e. The van der Waals surface area contributed by atoms with E-state index in [4.69, 9.17) is 11.6 Å². The van der Waals surface area contributed by atoms with Gasteiger partial charge in [-0.15, -0.1) is 0 Å². The molecule has 34 heavy (non-hydrogen) atoms. The zero-order valence-corrected chi connectivity index (χ0v) is 19.1. The van der Waals surface area contributed by atoms with Crippen molar-refractivity contribution < 1.29 is 9.18 Å². The van der Waals surface area contributed by atoms with Crippen LogP contribution in [0.4, 0.5) is 10.2 Å². The molecular weight excluding hydrogens is 459 g/mol. The fraction of sp³-hybridized carbons (Fsp3) is 0.250. The van der Waals surface area contributed by atoms with Crippen molar-refractivity contribution in [1.82, 2.24) is 24.3 Å². The van der Waals surface area contributed by atoms with Gasteiger partial charge in [-0.2, -0.15) is 0 Å². The second-order valence-electron chi connectivity index (χ2n) is 8.31. The van der Waals surface area contributed by atoms with E-state index >= 15 is 0 Å². The Labute approximate surface area is 199 Å². The number of aryl methyl sites for hydroxylation is 1. The Morgan fingerprint density at radius 3 is 2.94 bits per heavy atom. The average molecular weight is 481 g/mol. The number of fused-ring (bicyclic) bond motifs is 2. The highest BCUT2D eigenvalue weighted by Crippen LogP contribution is 2.29. The number of carbonyl (C=O) groups excluding carboxylic acids is 1. The Morgan fingerprint density at radius 1 is 1.26 bits per heavy atom. The van der Waals surface area contributed by atoms with Crippen LogP contribution in [0.1, 0.15) is 35.0 Å². The van der Waals surface area contributed by atoms with E-state index in [1.807, 2.05) is 34.9 Å². The van der Waals surface area contributed by atoms with Gasteiger partial charge in [-0.1, -0.05) is 23.7 Å². The highest BCUT2D eigenvalue weighted by Gasteiger charge is 2.32. The molecule has 0 aliphatic carbocycles. The van der Waals surface area contributed by atoms with Crippen LogP contribution in [0.3, 0.4) is 0 Å². The van der Waals surface area contributed by atoms with Crippen molar-refractivity contribution in [1.29, 1.82) is 0 Å². The fourth-order valence-corrected chi connectivity index (χ4v) is 4.65. The van der Waals surface area contributed by atoms with Gasteiger partial charge in [-0.25, -0.2) is 14.4 Å². The van der Waals surface area contributed by atoms with Crippen LogP contribution in [0.2, 0.25) is 5.15 Å². The molecule has 10 heteroatoms. The van der Waals surface area contributed by atoms with Crippen LogP contribution in [0.15, 0.2) is 53.6 Å². The summed E-state index contributed by atoms with van der Waals surface area (Å²) in [5.41, 5.74) is 3.17. The van der Waals surface area contributed by atoms with Crippen molar-refractivity contribution in [2.75, 3.05) is 5.32 Å². The molecule has 0 saturated carbocycles. The van der Waals surface area contributed by atoms with Crippen molar-refractivity contribution in [3.63, 3.8) is 0 Å². The molecule has 174 valence electrons. The number of imidazole rings is 1. The first-order valence-electron chi connectivity index (χ1n) is 10.9. The third-order valence-corrected chi connectivity index (χ3v) is 6.23. The number of nitrogens with zero attached hydrogens (tertiary/aromatic N) is 4. The van der Waals surface area contributed by atoms with Crippen molar-refractivity contribution >= 4 is 29.0 Å². The van der Waals surface area contributed by atoms with E-state index in [1.54, 1.807) is 13.1 Å². The van der Waals surface area contributed by atoms with Crippen LogP contribution < -0.4 is 16.2 Å². The number of amides is 1. The van der Waals surface area contributed by atoms with E-state index in [2.05, 4.69) is 20.6 Å². The predicted octanol–water partition coefficient (Wildman–Crippen LogP) is 3.41. The molecule has 4 heterocycles. The standard InChI is InChI=1S/C24H22ClFN6O2/c1-14-8-15(10-16(26)9-14)11-28-22-24(34)32-18(21(25)30-22)5-6-19(32)23(33)29-13-17-12-27-20-4-2-3-7-31(17)20/h2-4,7-10,12,19H,5-6,11,13H2,1H3,(H,28,30)(H,29,33)/t19-/m0/s1. The lowest BCUT2D eigenvalue weighted by Gasteiger charge is -2.16. The molecule has 2 N–H and O–H groups in total. The predicted molar refractivity (Wildman–Crippen MR) is 126 cm³/mol. The highest BCUT2D eigenvalue weighted by atomic mass is 35.5. The van der Waals surface area contributed by atoms with E-state index in [1.165, 1.54) is 16.7 Å². The van der Waals surface area contributed by atoms with Crippen LogP contribution in [0.25, 0.3) is 5.65 Å². The number of carbonyl (C=O) groups is 1. The first-order valence-corrected chi connectivity index (χ1v) is 11.3. The Morgan fingerprint density at radius 2 is 2.12 bits per heavy atom. The van der Waals surface area contributed by atoms with Crippen molar-refractivity contribution in [2.45, 2.75) is 38.9 Å². The summed E-state index contributed by atoms with van der Waals surface area (Å²) in [5.74, 6) is -0.603. The molecule has 1 aliphatic rings. The molecular formula is C24H22ClFN6O2. The molecule has 0 radical (unpaired) electrons. The third-order valence-electron chi connectivity index (χ3n) is 5.93. The minimum absolute atomic E-state index is 0.0251. The number of pyridine rings is 1. The first kappa shape index (κ1) is 22.1. The maximum Gasteiger partial charge on any atom is 0.294 e. The molecule has 0 fully saturated rings. The Hall–Kier alpha value is -3.72. The largest absolute Gasteiger partial charge is 0.361 e. The number of aromatic nitrogens is 4. The lowest BCUT2D eigenvalue weighted by atomic mass is 10.1. The van der Waals surface area contributed by atoms with E-state index < -0.39 is 11.6 Å². The zero-order valence-electron chi connectivity index (χ0n) is 18.4. The molecule has 1 aromatic carbocycles.